The van der Waals surface area contributed by atoms with Gasteiger partial charge in [0.25, 0.3) is 11.8 Å². The van der Waals surface area contributed by atoms with Crippen molar-refractivity contribution < 1.29 is 19.1 Å². The Bertz CT molecular complexity index is 991. The lowest BCUT2D eigenvalue weighted by atomic mass is 10.0. The van der Waals surface area contributed by atoms with Crippen LogP contribution >= 0.6 is 11.6 Å². The molecule has 170 valence electrons. The van der Waals surface area contributed by atoms with Crippen molar-refractivity contribution in [1.29, 1.82) is 0 Å². The summed E-state index contributed by atoms with van der Waals surface area (Å²) in [6.07, 6.45) is 0.491. The average molecular weight is 458 g/mol. The van der Waals surface area contributed by atoms with Crippen LogP contribution in [0.15, 0.2) is 42.5 Å². The van der Waals surface area contributed by atoms with Crippen LogP contribution in [0.2, 0.25) is 5.02 Å². The van der Waals surface area contributed by atoms with Crippen LogP contribution in [0.4, 0.5) is 11.4 Å². The number of amides is 3. The van der Waals surface area contributed by atoms with Crippen molar-refractivity contribution in [2.24, 2.45) is 5.92 Å². The third-order valence-corrected chi connectivity index (χ3v) is 5.43. The van der Waals surface area contributed by atoms with Gasteiger partial charge < -0.3 is 20.3 Å². The number of aryl methyl sites for hydroxylation is 1. The lowest BCUT2D eigenvalue weighted by Gasteiger charge is -2.28. The molecule has 32 heavy (non-hydrogen) atoms. The average Bonchev–Trinajstić information content (AvgIpc) is 2.74. The maximum Gasteiger partial charge on any atom is 0.253 e. The lowest BCUT2D eigenvalue weighted by Crippen LogP contribution is -2.44. The van der Waals surface area contributed by atoms with Crippen LogP contribution < -0.4 is 15.5 Å². The second-order valence-corrected chi connectivity index (χ2v) is 8.69. The summed E-state index contributed by atoms with van der Waals surface area (Å²) in [4.78, 5) is 39.4. The summed E-state index contributed by atoms with van der Waals surface area (Å²) in [5, 5.41) is 6.26. The fraction of sp³-hybridized carbons (Fsp3) is 0.375. The number of nitrogens with one attached hydrogen (secondary N) is 2. The van der Waals surface area contributed by atoms with E-state index < -0.39 is 6.04 Å². The molecule has 0 radical (unpaired) electrons. The van der Waals surface area contributed by atoms with Gasteiger partial charge in [0, 0.05) is 28.5 Å². The van der Waals surface area contributed by atoms with E-state index in [0.717, 1.165) is 11.3 Å². The molecular weight excluding hydrogens is 430 g/mol. The number of benzene rings is 2. The molecule has 0 aromatic heterocycles. The van der Waals surface area contributed by atoms with E-state index in [-0.39, 0.29) is 30.2 Å². The summed E-state index contributed by atoms with van der Waals surface area (Å²) in [5.74, 6) is -0.513. The van der Waals surface area contributed by atoms with Crippen molar-refractivity contribution in [3.05, 3.63) is 58.6 Å². The predicted molar refractivity (Wildman–Crippen MR) is 125 cm³/mol. The molecule has 0 unspecified atom stereocenters. The molecule has 1 fully saturated rings. The number of hydrogen-bond acceptors (Lipinski definition) is 4. The van der Waals surface area contributed by atoms with E-state index in [1.165, 1.54) is 0 Å². The van der Waals surface area contributed by atoms with Crippen molar-refractivity contribution in [2.45, 2.75) is 33.2 Å². The molecule has 1 atom stereocenters. The minimum absolute atomic E-state index is 0.0716. The van der Waals surface area contributed by atoms with Gasteiger partial charge in [0.2, 0.25) is 5.91 Å². The zero-order valence-electron chi connectivity index (χ0n) is 18.5. The quantitative estimate of drug-likeness (QED) is 0.662. The molecule has 0 bridgehead atoms. The fourth-order valence-electron chi connectivity index (χ4n) is 3.58. The van der Waals surface area contributed by atoms with Crippen LogP contribution in [0, 0.1) is 12.8 Å². The number of ether oxygens (including phenoxy) is 1. The third-order valence-electron chi connectivity index (χ3n) is 5.18. The highest BCUT2D eigenvalue weighted by atomic mass is 35.5. The maximum absolute atomic E-state index is 13.0. The number of rotatable bonds is 7. The molecule has 1 aliphatic heterocycles. The van der Waals surface area contributed by atoms with Gasteiger partial charge in [-0.2, -0.15) is 0 Å². The van der Waals surface area contributed by atoms with Gasteiger partial charge in [-0.1, -0.05) is 25.4 Å². The summed E-state index contributed by atoms with van der Waals surface area (Å²) < 4.78 is 5.19. The summed E-state index contributed by atoms with van der Waals surface area (Å²) >= 11 is 5.89. The zero-order chi connectivity index (χ0) is 23.3. The first kappa shape index (κ1) is 23.8. The normalized spacial score (nSPS) is 14.9. The monoisotopic (exact) mass is 457 g/mol. The Morgan fingerprint density at radius 3 is 2.50 bits per heavy atom. The van der Waals surface area contributed by atoms with Gasteiger partial charge in [0.1, 0.15) is 12.6 Å². The van der Waals surface area contributed by atoms with Crippen LogP contribution in [-0.2, 0) is 14.3 Å². The van der Waals surface area contributed by atoms with Crippen molar-refractivity contribution in [3.63, 3.8) is 0 Å². The molecule has 8 heteroatoms. The Labute approximate surface area is 193 Å². The zero-order valence-corrected chi connectivity index (χ0v) is 19.2. The van der Waals surface area contributed by atoms with Gasteiger partial charge in [-0.25, -0.2) is 0 Å². The number of anilines is 2. The molecule has 7 nitrogen and oxygen atoms in total. The fourth-order valence-corrected chi connectivity index (χ4v) is 3.71. The second kappa shape index (κ2) is 10.6. The molecular formula is C24H28ClN3O4. The standard InChI is InChI=1S/C24H28ClN3O4/c1-15(2)12-20(27-23(30)17-4-6-18(25)7-5-17)24(31)26-19-8-9-21(16(3)13-19)28-10-11-32-14-22(28)29/h4-9,13,15,20H,10-12,14H2,1-3H3,(H,26,31)(H,27,30)/t20-/m1/s1. The van der Waals surface area contributed by atoms with Crippen LogP contribution in [0.3, 0.4) is 0 Å². The highest BCUT2D eigenvalue weighted by molar-refractivity contribution is 6.30. The smallest absolute Gasteiger partial charge is 0.253 e. The van der Waals surface area contributed by atoms with Crippen LogP contribution in [0.25, 0.3) is 0 Å². The van der Waals surface area contributed by atoms with E-state index in [1.807, 2.05) is 32.9 Å². The summed E-state index contributed by atoms with van der Waals surface area (Å²) in [5.41, 5.74) is 2.70. The molecule has 2 aromatic carbocycles. The predicted octanol–water partition coefficient (Wildman–Crippen LogP) is 3.79. The van der Waals surface area contributed by atoms with E-state index in [1.54, 1.807) is 35.2 Å². The highest BCUT2D eigenvalue weighted by Crippen LogP contribution is 2.25. The topological polar surface area (TPSA) is 87.7 Å². The molecule has 1 aliphatic rings. The molecule has 0 saturated carbocycles. The van der Waals surface area contributed by atoms with Crippen molar-refractivity contribution in [2.75, 3.05) is 30.0 Å². The largest absolute Gasteiger partial charge is 0.370 e. The number of halogens is 1. The molecule has 3 rings (SSSR count). The SMILES string of the molecule is Cc1cc(NC(=O)[C@@H](CC(C)C)NC(=O)c2ccc(Cl)cc2)ccc1N1CCOCC1=O. The van der Waals surface area contributed by atoms with Crippen LogP contribution in [-0.4, -0.2) is 43.5 Å². The lowest BCUT2D eigenvalue weighted by molar-refractivity contribution is -0.125. The summed E-state index contributed by atoms with van der Waals surface area (Å²) in [6, 6.07) is 11.2. The highest BCUT2D eigenvalue weighted by Gasteiger charge is 2.24. The third kappa shape index (κ3) is 6.08. The van der Waals surface area contributed by atoms with Gasteiger partial charge in [-0.05, 0) is 67.3 Å². The van der Waals surface area contributed by atoms with Gasteiger partial charge in [0.15, 0.2) is 0 Å². The Hall–Kier alpha value is -2.90. The molecule has 2 aromatic rings. The Balaban J connectivity index is 1.71. The van der Waals surface area contributed by atoms with E-state index in [2.05, 4.69) is 10.6 Å². The van der Waals surface area contributed by atoms with E-state index >= 15 is 0 Å². The maximum atomic E-state index is 13.0. The molecule has 1 heterocycles. The minimum Gasteiger partial charge on any atom is -0.370 e. The van der Waals surface area contributed by atoms with Crippen LogP contribution in [0.1, 0.15) is 36.2 Å². The van der Waals surface area contributed by atoms with E-state index in [0.29, 0.717) is 35.8 Å². The first-order valence-electron chi connectivity index (χ1n) is 10.6. The van der Waals surface area contributed by atoms with Crippen molar-refractivity contribution in [1.82, 2.24) is 5.32 Å². The number of morpholine rings is 1. The van der Waals surface area contributed by atoms with Gasteiger partial charge in [-0.3, -0.25) is 14.4 Å². The first-order valence-corrected chi connectivity index (χ1v) is 11.0. The Morgan fingerprint density at radius 1 is 1.16 bits per heavy atom. The number of hydrogen-bond donors (Lipinski definition) is 2. The molecule has 0 spiro atoms. The number of carbonyl (C=O) groups is 3. The number of carbonyl (C=O) groups excluding carboxylic acids is 3. The van der Waals surface area contributed by atoms with Gasteiger partial charge in [0.05, 0.1) is 6.61 Å². The Kier molecular flexibility index (Phi) is 7.88. The first-order chi connectivity index (χ1) is 15.2. The van der Waals surface area contributed by atoms with Crippen molar-refractivity contribution in [3.8, 4) is 0 Å². The molecule has 1 saturated heterocycles. The minimum atomic E-state index is -0.695. The second-order valence-electron chi connectivity index (χ2n) is 8.25. The summed E-state index contributed by atoms with van der Waals surface area (Å²) in [6.45, 7) is 6.94. The Morgan fingerprint density at radius 2 is 1.88 bits per heavy atom. The van der Waals surface area contributed by atoms with Crippen LogP contribution in [0.5, 0.6) is 0 Å². The molecule has 3 amide bonds. The summed E-state index contributed by atoms with van der Waals surface area (Å²) in [7, 11) is 0. The van der Waals surface area contributed by atoms with Gasteiger partial charge >= 0.3 is 0 Å². The van der Waals surface area contributed by atoms with E-state index in [9.17, 15) is 14.4 Å². The molecule has 0 aliphatic carbocycles. The number of nitrogens with zero attached hydrogens (tertiary/aromatic N) is 1. The van der Waals surface area contributed by atoms with Gasteiger partial charge in [-0.15, -0.1) is 0 Å². The van der Waals surface area contributed by atoms with Crippen molar-refractivity contribution >= 4 is 40.7 Å². The molecule has 2 N–H and O–H groups in total. The van der Waals surface area contributed by atoms with E-state index in [4.69, 9.17) is 16.3 Å².